The number of aliphatic hydroxyl groups is 1. The number of nitrogens with one attached hydrogen (secondary N) is 1. The van der Waals surface area contributed by atoms with Crippen molar-refractivity contribution in [3.63, 3.8) is 0 Å². The van der Waals surface area contributed by atoms with Crippen LogP contribution in [0.2, 0.25) is 0 Å². The molecule has 1 heterocycles. The highest BCUT2D eigenvalue weighted by atomic mass is 16.5. The van der Waals surface area contributed by atoms with Gasteiger partial charge >= 0.3 is 0 Å². The van der Waals surface area contributed by atoms with E-state index in [4.69, 9.17) is 4.52 Å². The molecule has 0 unspecified atom stereocenters. The Kier molecular flexibility index (Phi) is 5.90. The number of ketones is 2. The van der Waals surface area contributed by atoms with Gasteiger partial charge in [-0.25, -0.2) is 0 Å². The van der Waals surface area contributed by atoms with Gasteiger partial charge in [0, 0.05) is 33.8 Å². The molecule has 224 valence electrons. The molecule has 0 saturated heterocycles. The minimum absolute atomic E-state index is 0.0605. The van der Waals surface area contributed by atoms with E-state index in [1.807, 2.05) is 26.8 Å². The summed E-state index contributed by atoms with van der Waals surface area (Å²) in [4.78, 5) is 40.9. The first-order valence-corrected chi connectivity index (χ1v) is 15.3. The number of Topliss-reactive ketones (excluding diaryl/α,β-unsaturated/α-hetero) is 1. The minimum Gasteiger partial charge on any atom is -0.381 e. The molecule has 5 aliphatic carbocycles. The summed E-state index contributed by atoms with van der Waals surface area (Å²) in [6.45, 7) is 14.4. The summed E-state index contributed by atoms with van der Waals surface area (Å²) in [7, 11) is 0. The molecule has 3 fully saturated rings. The lowest BCUT2D eigenvalue weighted by atomic mass is 9.33. The highest BCUT2D eigenvalue weighted by molar-refractivity contribution is 6.05. The lowest BCUT2D eigenvalue weighted by Gasteiger charge is -2.71. The summed E-state index contributed by atoms with van der Waals surface area (Å²) in [5.74, 6) is -1.08. The Balaban J connectivity index is 1.46. The number of nitrogens with zero attached hydrogens (tertiary/aromatic N) is 2. The first kappa shape index (κ1) is 29.0. The largest absolute Gasteiger partial charge is 0.381 e. The van der Waals surface area contributed by atoms with Gasteiger partial charge < -0.3 is 14.9 Å². The molecule has 0 radical (unpaired) electrons. The Bertz CT molecular complexity index is 1500. The van der Waals surface area contributed by atoms with E-state index in [2.05, 4.69) is 44.2 Å². The van der Waals surface area contributed by atoms with E-state index >= 15 is 0 Å². The van der Waals surface area contributed by atoms with Crippen LogP contribution < -0.4 is 5.32 Å². The molecule has 0 bridgehead atoms. The summed E-state index contributed by atoms with van der Waals surface area (Å²) < 4.78 is 5.09. The third kappa shape index (κ3) is 3.38. The number of rotatable bonds is 2. The molecule has 0 aliphatic heterocycles. The Morgan fingerprint density at radius 2 is 1.74 bits per heavy atom. The summed E-state index contributed by atoms with van der Waals surface area (Å²) in [5.41, 5.74) is -4.17. The topological polar surface area (TPSA) is 133 Å². The number of carbonyl (C=O) groups is 3. The molecule has 8 nitrogen and oxygen atoms in total. The molecule has 6 rings (SSSR count). The van der Waals surface area contributed by atoms with E-state index in [9.17, 15) is 24.8 Å². The van der Waals surface area contributed by atoms with Crippen molar-refractivity contribution in [1.29, 1.82) is 5.26 Å². The number of fused-ring (bicyclic) bond motifs is 7. The Hall–Kier alpha value is -3.05. The number of hydrogen-bond acceptors (Lipinski definition) is 7. The summed E-state index contributed by atoms with van der Waals surface area (Å²) >= 11 is 0. The van der Waals surface area contributed by atoms with Crippen LogP contribution in [0.4, 0.5) is 0 Å². The van der Waals surface area contributed by atoms with Crippen LogP contribution in [0, 0.1) is 50.2 Å². The molecular formula is C34H43N3O5. The molecule has 42 heavy (non-hydrogen) atoms. The molecule has 3 saturated carbocycles. The molecule has 2 N–H and O–H groups in total. The van der Waals surface area contributed by atoms with E-state index in [0.717, 1.165) is 37.7 Å². The first-order chi connectivity index (χ1) is 19.4. The van der Waals surface area contributed by atoms with Crippen molar-refractivity contribution < 1.29 is 24.0 Å². The van der Waals surface area contributed by atoms with Gasteiger partial charge in [-0.1, -0.05) is 52.8 Å². The highest BCUT2D eigenvalue weighted by Crippen LogP contribution is 2.75. The molecular weight excluding hydrogens is 530 g/mol. The van der Waals surface area contributed by atoms with Crippen LogP contribution in [0.3, 0.4) is 0 Å². The summed E-state index contributed by atoms with van der Waals surface area (Å²) in [6, 6.07) is 3.67. The maximum atomic E-state index is 14.6. The maximum absolute atomic E-state index is 14.6. The number of nitriles is 1. The fourth-order valence-electron chi connectivity index (χ4n) is 10.5. The van der Waals surface area contributed by atoms with Gasteiger partial charge in [0.05, 0.1) is 11.8 Å². The van der Waals surface area contributed by atoms with Gasteiger partial charge in [-0.05, 0) is 80.3 Å². The van der Waals surface area contributed by atoms with Crippen LogP contribution in [0.15, 0.2) is 40.1 Å². The fraction of sp³-hybridized carbons (Fsp3) is 0.676. The Morgan fingerprint density at radius 3 is 2.38 bits per heavy atom. The van der Waals surface area contributed by atoms with Crippen molar-refractivity contribution in [3.8, 4) is 6.07 Å². The van der Waals surface area contributed by atoms with Gasteiger partial charge in [-0.15, -0.1) is 0 Å². The monoisotopic (exact) mass is 573 g/mol. The molecule has 0 aromatic carbocycles. The standard InChI is InChI=1S/C34H43N3O5/c1-28(2)22-8-10-32(6)23(31(22,5)17-20(19-35)26(28)39)16-25(38)34(41)24-18-30(4,37-27(40)21-9-15-36-42-21)13-11-29(24,3)12-14-33(32,34)7/h9,15-17,22,24,41H,8,10-14,18H2,1-7H3,(H,37,40)/t22-,24+,29-,30-,31-,32+,33-,34+/m0/s1. The molecule has 1 amide bonds. The van der Waals surface area contributed by atoms with Crippen LogP contribution in [0.1, 0.15) is 104 Å². The second-order valence-electron chi connectivity index (χ2n) is 15.7. The average molecular weight is 574 g/mol. The minimum atomic E-state index is -1.64. The van der Waals surface area contributed by atoms with Gasteiger partial charge in [-0.3, -0.25) is 14.4 Å². The molecule has 5 aliphatic rings. The lowest BCUT2D eigenvalue weighted by Crippen LogP contribution is -2.74. The van der Waals surface area contributed by atoms with E-state index < -0.39 is 32.8 Å². The zero-order valence-corrected chi connectivity index (χ0v) is 25.9. The molecule has 1 aromatic heterocycles. The predicted octanol–water partition coefficient (Wildman–Crippen LogP) is 5.49. The van der Waals surface area contributed by atoms with Crippen molar-refractivity contribution in [1.82, 2.24) is 10.5 Å². The van der Waals surface area contributed by atoms with Crippen LogP contribution in [-0.2, 0) is 9.59 Å². The van der Waals surface area contributed by atoms with Crippen LogP contribution in [-0.4, -0.2) is 38.9 Å². The van der Waals surface area contributed by atoms with Crippen LogP contribution in [0.5, 0.6) is 0 Å². The number of carbonyl (C=O) groups excluding carboxylic acids is 3. The number of allylic oxidation sites excluding steroid dienone is 3. The Labute approximate surface area is 248 Å². The summed E-state index contributed by atoms with van der Waals surface area (Å²) in [6.07, 6.45) is 9.94. The van der Waals surface area contributed by atoms with Gasteiger partial charge in [0.1, 0.15) is 11.7 Å². The third-order valence-electron chi connectivity index (χ3n) is 13.3. The second kappa shape index (κ2) is 8.53. The molecule has 8 atom stereocenters. The zero-order valence-electron chi connectivity index (χ0n) is 25.9. The number of hydrogen-bond donors (Lipinski definition) is 2. The van der Waals surface area contributed by atoms with E-state index in [0.29, 0.717) is 12.8 Å². The highest BCUT2D eigenvalue weighted by Gasteiger charge is 2.75. The first-order valence-electron chi connectivity index (χ1n) is 15.3. The van der Waals surface area contributed by atoms with Crippen LogP contribution in [0.25, 0.3) is 0 Å². The molecule has 8 heteroatoms. The second-order valence-corrected chi connectivity index (χ2v) is 15.7. The lowest BCUT2D eigenvalue weighted by molar-refractivity contribution is -0.240. The maximum Gasteiger partial charge on any atom is 0.290 e. The third-order valence-corrected chi connectivity index (χ3v) is 13.3. The zero-order chi connectivity index (χ0) is 30.7. The molecule has 1 aromatic rings. The quantitative estimate of drug-likeness (QED) is 0.478. The van der Waals surface area contributed by atoms with Gasteiger partial charge in [0.15, 0.2) is 11.6 Å². The molecule has 0 spiro atoms. The average Bonchev–Trinajstić information content (AvgIpc) is 3.47. The van der Waals surface area contributed by atoms with E-state index in [1.165, 1.54) is 12.3 Å². The summed E-state index contributed by atoms with van der Waals surface area (Å²) in [5, 5.41) is 29.7. The van der Waals surface area contributed by atoms with Crippen molar-refractivity contribution in [2.45, 2.75) is 105 Å². The Morgan fingerprint density at radius 1 is 1.05 bits per heavy atom. The van der Waals surface area contributed by atoms with E-state index in [-0.39, 0.29) is 46.1 Å². The van der Waals surface area contributed by atoms with Gasteiger partial charge in [0.25, 0.3) is 5.91 Å². The van der Waals surface area contributed by atoms with E-state index in [1.54, 1.807) is 6.08 Å². The van der Waals surface area contributed by atoms with Gasteiger partial charge in [0.2, 0.25) is 5.76 Å². The fourth-order valence-corrected chi connectivity index (χ4v) is 10.5. The SMILES string of the molecule is CC1(C)C(=O)C(C#N)=C[C@]2(C)C3=CC(=O)[C@]4(O)[C@@H]5C[C@@](C)(NC(=O)c6ccno6)CC[C@@]5(C)CC[C@@]4(C)[C@]3(C)CC[C@@H]12. The van der Waals surface area contributed by atoms with Crippen molar-refractivity contribution in [3.05, 3.63) is 41.3 Å². The number of aromatic nitrogens is 1. The van der Waals surface area contributed by atoms with Crippen LogP contribution >= 0.6 is 0 Å². The van der Waals surface area contributed by atoms with Crippen molar-refractivity contribution >= 4 is 17.5 Å². The van der Waals surface area contributed by atoms with Crippen molar-refractivity contribution in [2.75, 3.05) is 0 Å². The van der Waals surface area contributed by atoms with Gasteiger partial charge in [-0.2, -0.15) is 5.26 Å². The van der Waals surface area contributed by atoms with Crippen molar-refractivity contribution in [2.24, 2.45) is 38.9 Å². The smallest absolute Gasteiger partial charge is 0.290 e. The normalized spacial score (nSPS) is 45.7. The number of amides is 1. The predicted molar refractivity (Wildman–Crippen MR) is 155 cm³/mol.